The highest BCUT2D eigenvalue weighted by molar-refractivity contribution is 7.13. The van der Waals surface area contributed by atoms with E-state index in [1.807, 2.05) is 5.38 Å². The van der Waals surface area contributed by atoms with Crippen LogP contribution in [0.25, 0.3) is 10.6 Å². The molecule has 0 amide bonds. The normalized spacial score (nSPS) is 10.0. The fourth-order valence-electron chi connectivity index (χ4n) is 1.11. The van der Waals surface area contributed by atoms with Gasteiger partial charge >= 0.3 is 6.01 Å². The minimum absolute atomic E-state index is 0.284. The van der Waals surface area contributed by atoms with Crippen molar-refractivity contribution in [1.29, 1.82) is 0 Å². The molecule has 2 heterocycles. The largest absolute Gasteiger partial charge is 0.480 e. The van der Waals surface area contributed by atoms with Crippen LogP contribution in [0.4, 0.5) is 0 Å². The molecule has 0 aliphatic heterocycles. The minimum Gasteiger partial charge on any atom is -0.480 e. The molecule has 0 aliphatic carbocycles. The van der Waals surface area contributed by atoms with Crippen LogP contribution in [0.2, 0.25) is 0 Å². The van der Waals surface area contributed by atoms with E-state index in [0.717, 1.165) is 10.6 Å². The summed E-state index contributed by atoms with van der Waals surface area (Å²) >= 11 is 1.51. The molecular weight excluding hydrogens is 214 g/mol. The molecule has 0 saturated carbocycles. The van der Waals surface area contributed by atoms with E-state index in [1.165, 1.54) is 18.4 Å². The molecular formula is C9H9N3O2S. The zero-order chi connectivity index (χ0) is 10.7. The average Bonchev–Trinajstić information content (AvgIpc) is 2.81. The smallest absolute Gasteiger partial charge is 0.319 e. The molecule has 0 spiro atoms. The highest BCUT2D eigenvalue weighted by Gasteiger charge is 2.11. The maximum atomic E-state index is 5.15. The van der Waals surface area contributed by atoms with Crippen molar-refractivity contribution in [3.05, 3.63) is 17.8 Å². The first-order valence-corrected chi connectivity index (χ1v) is 5.08. The topological polar surface area (TPSA) is 57.1 Å². The lowest BCUT2D eigenvalue weighted by Crippen LogP contribution is -1.97. The molecule has 0 bridgehead atoms. The van der Waals surface area contributed by atoms with Crippen molar-refractivity contribution < 1.29 is 9.47 Å². The van der Waals surface area contributed by atoms with Crippen molar-refractivity contribution in [2.75, 3.05) is 14.2 Å². The first-order chi connectivity index (χ1) is 7.35. The summed E-state index contributed by atoms with van der Waals surface area (Å²) in [5, 5.41) is 2.72. The van der Waals surface area contributed by atoms with Gasteiger partial charge in [-0.3, -0.25) is 0 Å². The predicted molar refractivity (Wildman–Crippen MR) is 56.2 cm³/mol. The van der Waals surface area contributed by atoms with Crippen LogP contribution in [0.15, 0.2) is 17.8 Å². The summed E-state index contributed by atoms with van der Waals surface area (Å²) < 4.78 is 10.1. The fourth-order valence-corrected chi connectivity index (χ4v) is 1.75. The second kappa shape index (κ2) is 4.22. The Morgan fingerprint density at radius 3 is 2.67 bits per heavy atom. The van der Waals surface area contributed by atoms with Crippen LogP contribution in [0, 0.1) is 0 Å². The van der Waals surface area contributed by atoms with Crippen molar-refractivity contribution in [3.63, 3.8) is 0 Å². The molecule has 5 nitrogen and oxygen atoms in total. The second-order valence-corrected chi connectivity index (χ2v) is 3.51. The highest BCUT2D eigenvalue weighted by Crippen LogP contribution is 2.29. The Bertz CT molecular complexity index is 445. The number of ether oxygens (including phenoxy) is 2. The van der Waals surface area contributed by atoms with E-state index in [2.05, 4.69) is 15.0 Å². The zero-order valence-electron chi connectivity index (χ0n) is 8.30. The molecule has 0 aliphatic rings. The summed E-state index contributed by atoms with van der Waals surface area (Å²) in [5.74, 6) is 0.469. The summed E-state index contributed by atoms with van der Waals surface area (Å²) in [5.41, 5.74) is 0.772. The van der Waals surface area contributed by atoms with E-state index in [9.17, 15) is 0 Å². The van der Waals surface area contributed by atoms with Crippen molar-refractivity contribution in [3.8, 4) is 22.5 Å². The van der Waals surface area contributed by atoms with E-state index in [1.54, 1.807) is 19.5 Å². The van der Waals surface area contributed by atoms with Crippen LogP contribution >= 0.6 is 11.3 Å². The van der Waals surface area contributed by atoms with Gasteiger partial charge in [0.05, 0.1) is 19.8 Å². The van der Waals surface area contributed by atoms with Crippen LogP contribution in [0.3, 0.4) is 0 Å². The minimum atomic E-state index is 0.284. The third-order valence-electron chi connectivity index (χ3n) is 1.77. The SMILES string of the molecule is COc1ncc(-c2nccs2)c(OC)n1. The number of hydrogen-bond acceptors (Lipinski definition) is 6. The van der Waals surface area contributed by atoms with Gasteiger partial charge in [0.1, 0.15) is 5.01 Å². The lowest BCUT2D eigenvalue weighted by Gasteiger charge is -2.05. The van der Waals surface area contributed by atoms with Crippen LogP contribution in [0.1, 0.15) is 0 Å². The van der Waals surface area contributed by atoms with E-state index in [-0.39, 0.29) is 6.01 Å². The summed E-state index contributed by atoms with van der Waals surface area (Å²) in [4.78, 5) is 12.3. The van der Waals surface area contributed by atoms with Gasteiger partial charge in [-0.25, -0.2) is 9.97 Å². The molecule has 2 aromatic rings. The maximum Gasteiger partial charge on any atom is 0.319 e. The first kappa shape index (κ1) is 9.85. The zero-order valence-corrected chi connectivity index (χ0v) is 9.11. The molecule has 2 aromatic heterocycles. The fraction of sp³-hybridized carbons (Fsp3) is 0.222. The average molecular weight is 223 g/mol. The quantitative estimate of drug-likeness (QED) is 0.791. The predicted octanol–water partition coefficient (Wildman–Crippen LogP) is 1.62. The first-order valence-electron chi connectivity index (χ1n) is 4.20. The molecule has 0 saturated heterocycles. The van der Waals surface area contributed by atoms with Crippen molar-refractivity contribution in [2.24, 2.45) is 0 Å². The van der Waals surface area contributed by atoms with Gasteiger partial charge in [0.25, 0.3) is 0 Å². The van der Waals surface area contributed by atoms with Gasteiger partial charge < -0.3 is 9.47 Å². The molecule has 0 radical (unpaired) electrons. The molecule has 0 aromatic carbocycles. The Morgan fingerprint density at radius 1 is 1.20 bits per heavy atom. The number of thiazole rings is 1. The number of nitrogens with zero attached hydrogens (tertiary/aromatic N) is 3. The maximum absolute atomic E-state index is 5.15. The second-order valence-electron chi connectivity index (χ2n) is 2.62. The van der Waals surface area contributed by atoms with Gasteiger partial charge in [-0.05, 0) is 0 Å². The number of methoxy groups -OCH3 is 2. The van der Waals surface area contributed by atoms with Crippen molar-refractivity contribution >= 4 is 11.3 Å². The highest BCUT2D eigenvalue weighted by atomic mass is 32.1. The molecule has 6 heteroatoms. The molecule has 2 rings (SSSR count). The van der Waals surface area contributed by atoms with E-state index in [4.69, 9.17) is 9.47 Å². The molecule has 78 valence electrons. The van der Waals surface area contributed by atoms with Gasteiger partial charge in [-0.2, -0.15) is 4.98 Å². The number of aromatic nitrogens is 3. The summed E-state index contributed by atoms with van der Waals surface area (Å²) in [6.45, 7) is 0. The Kier molecular flexibility index (Phi) is 2.77. The standard InChI is InChI=1S/C9H9N3O2S/c1-13-7-6(8-10-3-4-15-8)5-11-9(12-7)14-2/h3-5H,1-2H3. The van der Waals surface area contributed by atoms with Crippen LogP contribution < -0.4 is 9.47 Å². The van der Waals surface area contributed by atoms with Gasteiger partial charge in [-0.15, -0.1) is 11.3 Å². The lowest BCUT2D eigenvalue weighted by molar-refractivity contribution is 0.353. The third-order valence-corrected chi connectivity index (χ3v) is 2.58. The number of hydrogen-bond donors (Lipinski definition) is 0. The summed E-state index contributed by atoms with van der Waals surface area (Å²) in [7, 11) is 3.07. The molecule has 0 fully saturated rings. The van der Waals surface area contributed by atoms with Gasteiger partial charge in [0.2, 0.25) is 5.88 Å². The van der Waals surface area contributed by atoms with E-state index >= 15 is 0 Å². The molecule has 0 N–H and O–H groups in total. The van der Waals surface area contributed by atoms with E-state index < -0.39 is 0 Å². The Balaban J connectivity index is 2.48. The summed E-state index contributed by atoms with van der Waals surface area (Å²) in [6, 6.07) is 0.284. The van der Waals surface area contributed by atoms with Gasteiger partial charge in [-0.1, -0.05) is 0 Å². The molecule has 0 atom stereocenters. The molecule has 15 heavy (non-hydrogen) atoms. The Labute approximate surface area is 90.7 Å². The molecule has 0 unspecified atom stereocenters. The van der Waals surface area contributed by atoms with Crippen molar-refractivity contribution in [1.82, 2.24) is 15.0 Å². The Hall–Kier alpha value is -1.69. The monoisotopic (exact) mass is 223 g/mol. The number of rotatable bonds is 3. The Morgan fingerprint density at radius 2 is 2.07 bits per heavy atom. The van der Waals surface area contributed by atoms with Crippen LogP contribution in [0.5, 0.6) is 11.9 Å². The van der Waals surface area contributed by atoms with Gasteiger partial charge in [0.15, 0.2) is 0 Å². The van der Waals surface area contributed by atoms with Gasteiger partial charge in [0, 0.05) is 17.8 Å². The van der Waals surface area contributed by atoms with E-state index in [0.29, 0.717) is 5.88 Å². The van der Waals surface area contributed by atoms with Crippen LogP contribution in [-0.4, -0.2) is 29.2 Å². The third kappa shape index (κ3) is 1.89. The van der Waals surface area contributed by atoms with Crippen molar-refractivity contribution in [2.45, 2.75) is 0 Å². The summed E-state index contributed by atoms with van der Waals surface area (Å²) in [6.07, 6.45) is 3.37. The van der Waals surface area contributed by atoms with Crippen LogP contribution in [-0.2, 0) is 0 Å². The lowest BCUT2D eigenvalue weighted by atomic mass is 10.3.